The number of ether oxygens (including phenoxy) is 1. The van der Waals surface area contributed by atoms with Gasteiger partial charge in [-0.1, -0.05) is 13.3 Å². The predicted molar refractivity (Wildman–Crippen MR) is 68.0 cm³/mol. The first-order valence-corrected chi connectivity index (χ1v) is 6.60. The Labute approximate surface area is 104 Å². The summed E-state index contributed by atoms with van der Waals surface area (Å²) in [5.74, 6) is 0.0976. The van der Waals surface area contributed by atoms with E-state index in [1.165, 1.54) is 0 Å². The molecule has 1 heterocycles. The van der Waals surface area contributed by atoms with Crippen LogP contribution in [0.4, 0.5) is 0 Å². The van der Waals surface area contributed by atoms with E-state index in [1.807, 2.05) is 0 Å². The largest absolute Gasteiger partial charge is 0.379 e. The van der Waals surface area contributed by atoms with Gasteiger partial charge in [0.25, 0.3) is 0 Å². The fraction of sp³-hybridized carbons (Fsp3) is 0.917. The Kier molecular flexibility index (Phi) is 7.96. The fourth-order valence-electron chi connectivity index (χ4n) is 1.73. The van der Waals surface area contributed by atoms with Crippen molar-refractivity contribution >= 4 is 5.91 Å². The molecular formula is C12H25N3O2. The van der Waals surface area contributed by atoms with E-state index in [9.17, 15) is 4.79 Å². The Morgan fingerprint density at radius 3 is 2.76 bits per heavy atom. The van der Waals surface area contributed by atoms with Crippen molar-refractivity contribution in [2.45, 2.75) is 19.8 Å². The summed E-state index contributed by atoms with van der Waals surface area (Å²) in [6, 6.07) is 0. The summed E-state index contributed by atoms with van der Waals surface area (Å²) in [5.41, 5.74) is 0. The zero-order valence-corrected chi connectivity index (χ0v) is 10.8. The highest BCUT2D eigenvalue weighted by molar-refractivity contribution is 5.77. The fourth-order valence-corrected chi connectivity index (χ4v) is 1.73. The zero-order chi connectivity index (χ0) is 12.3. The van der Waals surface area contributed by atoms with E-state index in [0.717, 1.165) is 58.8 Å². The van der Waals surface area contributed by atoms with Gasteiger partial charge < -0.3 is 15.4 Å². The molecule has 0 spiro atoms. The third kappa shape index (κ3) is 7.31. The second-order valence-corrected chi connectivity index (χ2v) is 4.33. The van der Waals surface area contributed by atoms with E-state index >= 15 is 0 Å². The summed E-state index contributed by atoms with van der Waals surface area (Å²) >= 11 is 0. The van der Waals surface area contributed by atoms with Crippen LogP contribution in [0.5, 0.6) is 0 Å². The smallest absolute Gasteiger partial charge is 0.233 e. The summed E-state index contributed by atoms with van der Waals surface area (Å²) in [5, 5.41) is 6.05. The van der Waals surface area contributed by atoms with Gasteiger partial charge in [0.2, 0.25) is 5.91 Å². The van der Waals surface area contributed by atoms with Crippen LogP contribution in [-0.4, -0.2) is 63.3 Å². The van der Waals surface area contributed by atoms with E-state index in [-0.39, 0.29) is 5.91 Å². The second-order valence-electron chi connectivity index (χ2n) is 4.33. The molecule has 17 heavy (non-hydrogen) atoms. The molecule has 1 aliphatic heterocycles. The normalized spacial score (nSPS) is 17.0. The molecule has 5 nitrogen and oxygen atoms in total. The first-order valence-electron chi connectivity index (χ1n) is 6.60. The molecule has 0 aromatic heterocycles. The van der Waals surface area contributed by atoms with Crippen LogP contribution in [0.2, 0.25) is 0 Å². The minimum Gasteiger partial charge on any atom is -0.379 e. The molecule has 0 unspecified atom stereocenters. The van der Waals surface area contributed by atoms with Crippen molar-refractivity contribution in [3.05, 3.63) is 0 Å². The van der Waals surface area contributed by atoms with Gasteiger partial charge in [-0.25, -0.2) is 0 Å². The van der Waals surface area contributed by atoms with Crippen LogP contribution in [-0.2, 0) is 9.53 Å². The summed E-state index contributed by atoms with van der Waals surface area (Å²) in [6.45, 7) is 8.86. The zero-order valence-electron chi connectivity index (χ0n) is 10.8. The van der Waals surface area contributed by atoms with E-state index in [4.69, 9.17) is 4.74 Å². The molecule has 0 aromatic rings. The Morgan fingerprint density at radius 1 is 1.29 bits per heavy atom. The van der Waals surface area contributed by atoms with Crippen molar-refractivity contribution in [1.29, 1.82) is 0 Å². The van der Waals surface area contributed by atoms with Crippen molar-refractivity contribution in [2.75, 3.05) is 52.5 Å². The molecule has 5 heteroatoms. The van der Waals surface area contributed by atoms with Crippen LogP contribution in [0.1, 0.15) is 19.8 Å². The van der Waals surface area contributed by atoms with Crippen LogP contribution >= 0.6 is 0 Å². The molecule has 0 saturated carbocycles. The molecule has 0 atom stereocenters. The van der Waals surface area contributed by atoms with Gasteiger partial charge in [-0.15, -0.1) is 0 Å². The molecule has 0 radical (unpaired) electrons. The highest BCUT2D eigenvalue weighted by atomic mass is 16.5. The van der Waals surface area contributed by atoms with Gasteiger partial charge in [-0.3, -0.25) is 9.69 Å². The highest BCUT2D eigenvalue weighted by Crippen LogP contribution is 1.94. The quantitative estimate of drug-likeness (QED) is 0.581. The SMILES string of the molecule is CCCCNC(=O)CNCCN1CCOCC1. The number of nitrogens with one attached hydrogen (secondary N) is 2. The molecule has 2 N–H and O–H groups in total. The Balaban J connectivity index is 1.90. The minimum absolute atomic E-state index is 0.0976. The number of unbranched alkanes of at least 4 members (excludes halogenated alkanes) is 1. The van der Waals surface area contributed by atoms with Gasteiger partial charge in [0.15, 0.2) is 0 Å². The molecule has 0 aromatic carbocycles. The first kappa shape index (κ1) is 14.4. The van der Waals surface area contributed by atoms with Gasteiger partial charge in [0.05, 0.1) is 19.8 Å². The molecule has 1 rings (SSSR count). The summed E-state index contributed by atoms with van der Waals surface area (Å²) in [4.78, 5) is 13.7. The highest BCUT2D eigenvalue weighted by Gasteiger charge is 2.09. The number of morpholine rings is 1. The average Bonchev–Trinajstić information content (AvgIpc) is 2.36. The maximum Gasteiger partial charge on any atom is 0.233 e. The lowest BCUT2D eigenvalue weighted by Gasteiger charge is -2.26. The monoisotopic (exact) mass is 243 g/mol. The van der Waals surface area contributed by atoms with Crippen molar-refractivity contribution in [2.24, 2.45) is 0 Å². The Hall–Kier alpha value is -0.650. The van der Waals surface area contributed by atoms with E-state index < -0.39 is 0 Å². The van der Waals surface area contributed by atoms with Crippen LogP contribution in [0, 0.1) is 0 Å². The average molecular weight is 243 g/mol. The number of amides is 1. The number of rotatable bonds is 8. The first-order chi connectivity index (χ1) is 8.33. The number of carbonyl (C=O) groups is 1. The molecule has 1 amide bonds. The molecule has 1 aliphatic rings. The maximum atomic E-state index is 11.4. The molecule has 1 fully saturated rings. The van der Waals surface area contributed by atoms with Gasteiger partial charge in [-0.05, 0) is 6.42 Å². The van der Waals surface area contributed by atoms with Crippen molar-refractivity contribution in [1.82, 2.24) is 15.5 Å². The lowest BCUT2D eigenvalue weighted by atomic mass is 10.3. The maximum absolute atomic E-state index is 11.4. The molecule has 0 bridgehead atoms. The van der Waals surface area contributed by atoms with E-state index in [1.54, 1.807) is 0 Å². The van der Waals surface area contributed by atoms with Crippen molar-refractivity contribution in [3.63, 3.8) is 0 Å². The summed E-state index contributed by atoms with van der Waals surface area (Å²) in [7, 11) is 0. The lowest BCUT2D eigenvalue weighted by molar-refractivity contribution is -0.120. The molecule has 100 valence electrons. The van der Waals surface area contributed by atoms with Crippen LogP contribution in [0.3, 0.4) is 0 Å². The minimum atomic E-state index is 0.0976. The second kappa shape index (κ2) is 9.39. The van der Waals surface area contributed by atoms with E-state index in [2.05, 4.69) is 22.5 Å². The summed E-state index contributed by atoms with van der Waals surface area (Å²) in [6.07, 6.45) is 2.17. The Bertz CT molecular complexity index is 206. The number of hydrogen-bond acceptors (Lipinski definition) is 4. The van der Waals surface area contributed by atoms with Gasteiger partial charge in [-0.2, -0.15) is 0 Å². The van der Waals surface area contributed by atoms with Crippen molar-refractivity contribution < 1.29 is 9.53 Å². The van der Waals surface area contributed by atoms with Gasteiger partial charge in [0.1, 0.15) is 0 Å². The van der Waals surface area contributed by atoms with E-state index in [0.29, 0.717) is 6.54 Å². The topological polar surface area (TPSA) is 53.6 Å². The molecular weight excluding hydrogens is 218 g/mol. The van der Waals surface area contributed by atoms with Crippen LogP contribution < -0.4 is 10.6 Å². The summed E-state index contributed by atoms with van der Waals surface area (Å²) < 4.78 is 5.27. The third-order valence-corrected chi connectivity index (χ3v) is 2.85. The number of nitrogens with zero attached hydrogens (tertiary/aromatic N) is 1. The van der Waals surface area contributed by atoms with Gasteiger partial charge in [0, 0.05) is 32.7 Å². The van der Waals surface area contributed by atoms with Crippen LogP contribution in [0.25, 0.3) is 0 Å². The molecule has 0 aliphatic carbocycles. The van der Waals surface area contributed by atoms with Crippen molar-refractivity contribution in [3.8, 4) is 0 Å². The standard InChI is InChI=1S/C12H25N3O2/c1-2-3-4-14-12(16)11-13-5-6-15-7-9-17-10-8-15/h13H,2-11H2,1H3,(H,14,16). The van der Waals surface area contributed by atoms with Gasteiger partial charge >= 0.3 is 0 Å². The van der Waals surface area contributed by atoms with Crippen LogP contribution in [0.15, 0.2) is 0 Å². The lowest BCUT2D eigenvalue weighted by Crippen LogP contribution is -2.42. The molecule has 1 saturated heterocycles. The predicted octanol–water partition coefficient (Wildman–Crippen LogP) is -0.175. The number of hydrogen-bond donors (Lipinski definition) is 2. The number of carbonyl (C=O) groups excluding carboxylic acids is 1. The Morgan fingerprint density at radius 2 is 2.06 bits per heavy atom. The third-order valence-electron chi connectivity index (χ3n) is 2.85.